The van der Waals surface area contributed by atoms with Gasteiger partial charge in [-0.3, -0.25) is 18.9 Å². The molecule has 0 rings (SSSR count). The lowest BCUT2D eigenvalue weighted by atomic mass is 10.1. The van der Waals surface area contributed by atoms with E-state index >= 15 is 0 Å². The summed E-state index contributed by atoms with van der Waals surface area (Å²) >= 11 is 1.28. The summed E-state index contributed by atoms with van der Waals surface area (Å²) in [5.74, 6) is -0.740. The van der Waals surface area contributed by atoms with Gasteiger partial charge in [-0.15, -0.1) is 0 Å². The second-order valence-corrected chi connectivity index (χ2v) is 15.8. The molecular formula is C35H67F2N2O9PS. The third-order valence-corrected chi connectivity index (χ3v) is 10.4. The van der Waals surface area contributed by atoms with E-state index in [2.05, 4.69) is 19.2 Å². The van der Waals surface area contributed by atoms with E-state index in [9.17, 15) is 27.7 Å². The zero-order valence-electron chi connectivity index (χ0n) is 30.7. The molecule has 0 aliphatic heterocycles. The Hall–Kier alpha value is -1.31. The number of unbranched alkanes of at least 4 members (excludes halogenated alkanes) is 16. The van der Waals surface area contributed by atoms with E-state index in [0.29, 0.717) is 6.42 Å². The van der Waals surface area contributed by atoms with Crippen LogP contribution in [-0.2, 0) is 33.2 Å². The van der Waals surface area contributed by atoms with Crippen molar-refractivity contribution in [3.63, 3.8) is 0 Å². The van der Waals surface area contributed by atoms with Gasteiger partial charge in [0.2, 0.25) is 5.91 Å². The van der Waals surface area contributed by atoms with E-state index in [-0.39, 0.29) is 49.6 Å². The number of rotatable bonds is 35. The van der Waals surface area contributed by atoms with Crippen molar-refractivity contribution in [1.29, 1.82) is 0 Å². The molecule has 0 aromatic rings. The van der Waals surface area contributed by atoms with Crippen LogP contribution in [0.5, 0.6) is 0 Å². The van der Waals surface area contributed by atoms with Gasteiger partial charge in [-0.05, 0) is 12.8 Å². The maximum atomic E-state index is 13.3. The number of carbonyl (C=O) groups is 3. The minimum atomic E-state index is -5.57. The Morgan fingerprint density at radius 3 is 1.74 bits per heavy atom. The monoisotopic (exact) mass is 760 g/mol. The van der Waals surface area contributed by atoms with Crippen molar-refractivity contribution >= 4 is 37.2 Å². The Balaban J connectivity index is 4.55. The molecule has 50 heavy (non-hydrogen) atoms. The Morgan fingerprint density at radius 2 is 1.24 bits per heavy atom. The van der Waals surface area contributed by atoms with Crippen LogP contribution < -0.4 is 11.1 Å². The third-order valence-electron chi connectivity index (χ3n) is 8.15. The second-order valence-electron chi connectivity index (χ2n) is 13.0. The molecule has 0 spiro atoms. The smallest absolute Gasteiger partial charge is 0.394 e. The zero-order chi connectivity index (χ0) is 37.5. The van der Waals surface area contributed by atoms with E-state index < -0.39 is 44.3 Å². The summed E-state index contributed by atoms with van der Waals surface area (Å²) in [6.07, 6.45) is 19.2. The highest BCUT2D eigenvalue weighted by Crippen LogP contribution is 2.54. The highest BCUT2D eigenvalue weighted by atomic mass is 32.2. The average molecular weight is 761 g/mol. The van der Waals surface area contributed by atoms with Crippen molar-refractivity contribution in [2.45, 2.75) is 166 Å². The Morgan fingerprint density at radius 1 is 0.760 bits per heavy atom. The van der Waals surface area contributed by atoms with Gasteiger partial charge in [0.1, 0.15) is 12.7 Å². The molecule has 0 aromatic heterocycles. The van der Waals surface area contributed by atoms with Crippen molar-refractivity contribution < 1.29 is 51.7 Å². The SMILES string of the molecule is CCCCCCCCCCCC(=O)OC[C@H](CSC[C@H](N)C(=O)NCCOCCC(F)(F)P(=O)(O)O)OC(=O)CCCCCCCCCCC. The quantitative estimate of drug-likeness (QED) is 0.0284. The van der Waals surface area contributed by atoms with Gasteiger partial charge >= 0.3 is 25.2 Å². The predicted molar refractivity (Wildman–Crippen MR) is 195 cm³/mol. The van der Waals surface area contributed by atoms with Crippen molar-refractivity contribution in [3.8, 4) is 0 Å². The van der Waals surface area contributed by atoms with Crippen LogP contribution in [0.1, 0.15) is 149 Å². The molecule has 0 heterocycles. The molecule has 296 valence electrons. The number of carbonyl (C=O) groups excluding carboxylic acids is 3. The first-order valence-electron chi connectivity index (χ1n) is 18.8. The van der Waals surface area contributed by atoms with Crippen molar-refractivity contribution in [1.82, 2.24) is 5.32 Å². The first-order valence-corrected chi connectivity index (χ1v) is 21.6. The molecule has 0 aliphatic carbocycles. The summed E-state index contributed by atoms with van der Waals surface area (Å²) in [5, 5.41) is 2.52. The number of amides is 1. The number of nitrogens with one attached hydrogen (secondary N) is 1. The maximum Gasteiger partial charge on any atom is 0.394 e. The molecule has 11 nitrogen and oxygen atoms in total. The number of nitrogens with two attached hydrogens (primary N) is 1. The number of hydrogen-bond donors (Lipinski definition) is 4. The van der Waals surface area contributed by atoms with Crippen molar-refractivity contribution in [2.24, 2.45) is 5.73 Å². The maximum absolute atomic E-state index is 13.3. The Bertz CT molecular complexity index is 931. The van der Waals surface area contributed by atoms with Gasteiger partial charge in [0.25, 0.3) is 0 Å². The molecule has 0 aromatic carbocycles. The van der Waals surface area contributed by atoms with E-state index in [0.717, 1.165) is 44.9 Å². The number of halogens is 2. The average Bonchev–Trinajstić information content (AvgIpc) is 3.06. The van der Waals surface area contributed by atoms with Gasteiger partial charge in [0, 0.05) is 37.3 Å². The van der Waals surface area contributed by atoms with Gasteiger partial charge in [-0.1, -0.05) is 117 Å². The van der Waals surface area contributed by atoms with E-state index in [1.54, 1.807) is 0 Å². The summed E-state index contributed by atoms with van der Waals surface area (Å²) in [7, 11) is -5.57. The lowest BCUT2D eigenvalue weighted by Crippen LogP contribution is -2.43. The second kappa shape index (κ2) is 31.2. The molecule has 0 fully saturated rings. The number of ether oxygens (including phenoxy) is 3. The van der Waals surface area contributed by atoms with E-state index in [1.165, 1.54) is 82.4 Å². The molecule has 0 bridgehead atoms. The molecule has 15 heteroatoms. The van der Waals surface area contributed by atoms with Crippen LogP contribution in [0, 0.1) is 0 Å². The lowest BCUT2D eigenvalue weighted by molar-refractivity contribution is -0.157. The minimum absolute atomic E-state index is 0.0350. The van der Waals surface area contributed by atoms with Crippen LogP contribution in [0.3, 0.4) is 0 Å². The molecule has 0 saturated heterocycles. The standard InChI is InChI=1S/C35H67F2N2O9PS/c1-3-5-7-9-11-13-15-17-19-21-32(40)47-27-30(48-33(41)22-20-18-16-14-12-10-8-6-4-2)28-50-29-31(38)34(42)39-24-26-46-25-23-35(36,37)49(43,44)45/h30-31H,3-29,38H2,1-2H3,(H,39,42)(H2,43,44,45)/t30-,31+/m1/s1. The fraction of sp³-hybridized carbons (Fsp3) is 0.914. The van der Waals surface area contributed by atoms with Crippen LogP contribution in [0.4, 0.5) is 8.78 Å². The van der Waals surface area contributed by atoms with Gasteiger partial charge in [0.05, 0.1) is 19.3 Å². The molecule has 0 saturated carbocycles. The predicted octanol–water partition coefficient (Wildman–Crippen LogP) is 7.64. The molecule has 0 aliphatic rings. The van der Waals surface area contributed by atoms with Crippen LogP contribution in [-0.4, -0.2) is 83.3 Å². The van der Waals surface area contributed by atoms with Gasteiger partial charge in [-0.25, -0.2) is 0 Å². The molecule has 1 amide bonds. The first-order chi connectivity index (χ1) is 23.8. The van der Waals surface area contributed by atoms with Gasteiger partial charge < -0.3 is 35.0 Å². The van der Waals surface area contributed by atoms with Crippen LogP contribution in [0.15, 0.2) is 0 Å². The van der Waals surface area contributed by atoms with Crippen LogP contribution >= 0.6 is 19.4 Å². The first kappa shape index (κ1) is 48.7. The number of hydrogen-bond acceptors (Lipinski definition) is 9. The molecule has 5 N–H and O–H groups in total. The minimum Gasteiger partial charge on any atom is -0.462 e. The summed E-state index contributed by atoms with van der Waals surface area (Å²) < 4.78 is 53.4. The van der Waals surface area contributed by atoms with Crippen LogP contribution in [0.2, 0.25) is 0 Å². The molecule has 0 unspecified atom stereocenters. The summed E-state index contributed by atoms with van der Waals surface area (Å²) in [6.45, 7) is 3.54. The summed E-state index contributed by atoms with van der Waals surface area (Å²) in [5.41, 5.74) is 1.80. The van der Waals surface area contributed by atoms with E-state index in [4.69, 9.17) is 29.7 Å². The largest absolute Gasteiger partial charge is 0.462 e. The van der Waals surface area contributed by atoms with Gasteiger partial charge in [-0.2, -0.15) is 20.5 Å². The van der Waals surface area contributed by atoms with Crippen molar-refractivity contribution in [3.05, 3.63) is 0 Å². The fourth-order valence-electron chi connectivity index (χ4n) is 5.00. The number of alkyl halides is 2. The topological polar surface area (TPSA) is 174 Å². The number of esters is 2. The van der Waals surface area contributed by atoms with E-state index in [1.807, 2.05) is 0 Å². The summed E-state index contributed by atoms with van der Waals surface area (Å²) in [6, 6.07) is -0.925. The Kier molecular flexibility index (Phi) is 30.4. The highest BCUT2D eigenvalue weighted by Gasteiger charge is 2.48. The normalized spacial score (nSPS) is 13.2. The van der Waals surface area contributed by atoms with Gasteiger partial charge in [0.15, 0.2) is 0 Å². The molecule has 0 radical (unpaired) electrons. The molecule has 2 atom stereocenters. The zero-order valence-corrected chi connectivity index (χ0v) is 32.4. The highest BCUT2D eigenvalue weighted by molar-refractivity contribution is 7.99. The third kappa shape index (κ3) is 28.3. The summed E-state index contributed by atoms with van der Waals surface area (Å²) in [4.78, 5) is 54.6. The van der Waals surface area contributed by atoms with Crippen molar-refractivity contribution in [2.75, 3.05) is 37.9 Å². The lowest BCUT2D eigenvalue weighted by Gasteiger charge is -2.19. The fourth-order valence-corrected chi connectivity index (χ4v) is 6.35. The number of thioether (sulfide) groups is 1. The molecular weight excluding hydrogens is 693 g/mol. The van der Waals surface area contributed by atoms with Crippen LogP contribution in [0.25, 0.3) is 0 Å². The Labute approximate surface area is 303 Å².